The third-order valence-corrected chi connectivity index (χ3v) is 10.8. The fourth-order valence-corrected chi connectivity index (χ4v) is 8.18. The average molecular weight is 630 g/mol. The standard InChI is InChI=1S/C29H33Cl2F3N4O4/c1-15-8-17-9-28(15,10-17)16(2)37(14-22(39)23-20(30)12-35-13-21(23)31)25(40)19-11-36-38(24(19)29(32,33)34)18-4-6-27(3,7-5-18)26(41)42/h11-13,15-18H,4-10,14H2,1-3H3,(H,41,42)/t15-,16-,17?,18?,27?,28?/m0/s1. The zero-order valence-electron chi connectivity index (χ0n) is 23.5. The molecule has 2 aromatic heterocycles. The van der Waals surface area contributed by atoms with Gasteiger partial charge in [0, 0.05) is 18.4 Å². The van der Waals surface area contributed by atoms with E-state index >= 15 is 0 Å². The van der Waals surface area contributed by atoms with Crippen LogP contribution in [-0.4, -0.2) is 55.0 Å². The molecule has 228 valence electrons. The number of halogens is 5. The van der Waals surface area contributed by atoms with Gasteiger partial charge in [0.25, 0.3) is 5.91 Å². The van der Waals surface area contributed by atoms with Crippen molar-refractivity contribution in [1.82, 2.24) is 19.7 Å². The molecule has 0 saturated heterocycles. The molecule has 0 aliphatic heterocycles. The monoisotopic (exact) mass is 628 g/mol. The molecule has 2 atom stereocenters. The molecule has 1 amide bonds. The van der Waals surface area contributed by atoms with Crippen molar-refractivity contribution in [3.8, 4) is 0 Å². The highest BCUT2D eigenvalue weighted by Gasteiger charge is 2.60. The Kier molecular flexibility index (Phi) is 7.92. The molecule has 2 bridgehead atoms. The Morgan fingerprint density at radius 1 is 1.14 bits per heavy atom. The van der Waals surface area contributed by atoms with E-state index in [0.29, 0.717) is 5.92 Å². The second kappa shape index (κ2) is 10.8. The molecular weight excluding hydrogens is 596 g/mol. The molecule has 4 aliphatic rings. The molecule has 4 fully saturated rings. The second-order valence-corrected chi connectivity index (χ2v) is 13.4. The fraction of sp³-hybridized carbons (Fsp3) is 0.621. The Bertz CT molecular complexity index is 1390. The Labute approximate surface area is 251 Å². The van der Waals surface area contributed by atoms with E-state index < -0.39 is 59.1 Å². The van der Waals surface area contributed by atoms with Crippen molar-refractivity contribution in [3.05, 3.63) is 45.5 Å². The quantitative estimate of drug-likeness (QED) is 0.317. The van der Waals surface area contributed by atoms with E-state index in [0.717, 1.165) is 30.1 Å². The molecule has 8 nitrogen and oxygen atoms in total. The van der Waals surface area contributed by atoms with Crippen molar-refractivity contribution in [2.45, 2.75) is 84.0 Å². The molecule has 0 spiro atoms. The van der Waals surface area contributed by atoms with E-state index in [1.54, 1.807) is 13.8 Å². The highest BCUT2D eigenvalue weighted by molar-refractivity contribution is 6.39. The minimum atomic E-state index is -4.92. The predicted molar refractivity (Wildman–Crippen MR) is 149 cm³/mol. The van der Waals surface area contributed by atoms with Crippen molar-refractivity contribution in [1.29, 1.82) is 0 Å². The zero-order chi connectivity index (χ0) is 30.8. The van der Waals surface area contributed by atoms with Crippen LogP contribution in [0.25, 0.3) is 0 Å². The minimum Gasteiger partial charge on any atom is -0.481 e. The highest BCUT2D eigenvalue weighted by atomic mass is 35.5. The van der Waals surface area contributed by atoms with Crippen LogP contribution in [0.5, 0.6) is 0 Å². The lowest BCUT2D eigenvalue weighted by atomic mass is 9.62. The van der Waals surface area contributed by atoms with E-state index in [1.165, 1.54) is 17.3 Å². The largest absolute Gasteiger partial charge is 0.481 e. The number of pyridine rings is 1. The highest BCUT2D eigenvalue weighted by Crippen LogP contribution is 2.64. The number of hydrogen-bond donors (Lipinski definition) is 1. The van der Waals surface area contributed by atoms with Gasteiger partial charge in [-0.1, -0.05) is 30.1 Å². The number of aromatic nitrogens is 3. The van der Waals surface area contributed by atoms with Gasteiger partial charge in [-0.2, -0.15) is 18.3 Å². The number of carbonyl (C=O) groups excluding carboxylic acids is 2. The topological polar surface area (TPSA) is 105 Å². The summed E-state index contributed by atoms with van der Waals surface area (Å²) in [5.74, 6) is -1.82. The Hall–Kier alpha value is -2.66. The van der Waals surface area contributed by atoms with Gasteiger partial charge < -0.3 is 10.0 Å². The van der Waals surface area contributed by atoms with Gasteiger partial charge in [0.05, 0.1) is 45.4 Å². The number of alkyl halides is 3. The van der Waals surface area contributed by atoms with E-state index in [1.807, 2.05) is 0 Å². The van der Waals surface area contributed by atoms with Crippen LogP contribution in [-0.2, 0) is 11.0 Å². The lowest BCUT2D eigenvalue weighted by Crippen LogP contribution is -2.54. The molecule has 0 unspecified atom stereocenters. The second-order valence-electron chi connectivity index (χ2n) is 12.6. The van der Waals surface area contributed by atoms with Crippen LogP contribution in [0.1, 0.15) is 98.2 Å². The Morgan fingerprint density at radius 2 is 1.74 bits per heavy atom. The van der Waals surface area contributed by atoms with E-state index in [4.69, 9.17) is 23.2 Å². The zero-order valence-corrected chi connectivity index (χ0v) is 25.1. The molecule has 42 heavy (non-hydrogen) atoms. The normalized spacial score (nSPS) is 29.6. The number of carbonyl (C=O) groups is 3. The maximum atomic E-state index is 14.6. The third kappa shape index (κ3) is 5.10. The molecule has 2 heterocycles. The van der Waals surface area contributed by atoms with E-state index in [-0.39, 0.29) is 52.6 Å². The number of carboxylic acid groups (broad SMARTS) is 1. The van der Waals surface area contributed by atoms with Crippen LogP contribution in [0, 0.1) is 22.7 Å². The summed E-state index contributed by atoms with van der Waals surface area (Å²) in [5, 5.41) is 13.6. The number of fused-ring (bicyclic) bond motifs is 1. The van der Waals surface area contributed by atoms with Crippen molar-refractivity contribution < 1.29 is 32.7 Å². The van der Waals surface area contributed by atoms with Gasteiger partial charge in [0.2, 0.25) is 0 Å². The Balaban J connectivity index is 1.52. The van der Waals surface area contributed by atoms with Gasteiger partial charge in [-0.3, -0.25) is 24.0 Å². The summed E-state index contributed by atoms with van der Waals surface area (Å²) < 4.78 is 44.8. The number of amides is 1. The van der Waals surface area contributed by atoms with Gasteiger partial charge in [0.1, 0.15) is 0 Å². The maximum absolute atomic E-state index is 14.6. The molecule has 0 radical (unpaired) electrons. The van der Waals surface area contributed by atoms with Crippen molar-refractivity contribution >= 4 is 40.9 Å². The maximum Gasteiger partial charge on any atom is 0.433 e. The molecule has 6 rings (SSSR count). The van der Waals surface area contributed by atoms with Gasteiger partial charge >= 0.3 is 12.1 Å². The van der Waals surface area contributed by atoms with Crippen molar-refractivity contribution in [2.75, 3.05) is 6.54 Å². The lowest BCUT2D eigenvalue weighted by Gasteiger charge is -2.49. The molecule has 2 aromatic rings. The minimum absolute atomic E-state index is 0.0156. The first-order valence-corrected chi connectivity index (χ1v) is 14.9. The molecule has 1 N–H and O–H groups in total. The molecule has 4 saturated carbocycles. The first-order valence-electron chi connectivity index (χ1n) is 14.1. The van der Waals surface area contributed by atoms with Crippen LogP contribution in [0.15, 0.2) is 18.6 Å². The third-order valence-electron chi connectivity index (χ3n) is 10.2. The van der Waals surface area contributed by atoms with Gasteiger partial charge in [-0.05, 0) is 76.0 Å². The SMILES string of the molecule is C[C@H](N(CC(=O)c1c(Cl)cncc1Cl)C(=O)c1cnn(C2CCC(C)(C(=O)O)CC2)c1C(F)(F)F)C12CC(C[C@@H]1C)C2. The Morgan fingerprint density at radius 3 is 2.24 bits per heavy atom. The predicted octanol–water partition coefficient (Wildman–Crippen LogP) is 6.96. The number of rotatable bonds is 8. The summed E-state index contributed by atoms with van der Waals surface area (Å²) in [6.07, 6.45) is 1.82. The molecule has 0 aromatic carbocycles. The summed E-state index contributed by atoms with van der Waals surface area (Å²) in [6.45, 7) is 4.94. The summed E-state index contributed by atoms with van der Waals surface area (Å²) in [6, 6.07) is -1.27. The van der Waals surface area contributed by atoms with Crippen LogP contribution in [0.4, 0.5) is 13.2 Å². The number of nitrogens with zero attached hydrogens (tertiary/aromatic N) is 4. The number of ketones is 1. The summed E-state index contributed by atoms with van der Waals surface area (Å²) in [5.41, 5.74) is -3.22. The van der Waals surface area contributed by atoms with Gasteiger partial charge in [-0.25, -0.2) is 0 Å². The van der Waals surface area contributed by atoms with Crippen LogP contribution < -0.4 is 0 Å². The van der Waals surface area contributed by atoms with Crippen LogP contribution in [0.3, 0.4) is 0 Å². The van der Waals surface area contributed by atoms with E-state index in [9.17, 15) is 32.7 Å². The molecule has 4 aliphatic carbocycles. The van der Waals surface area contributed by atoms with E-state index in [2.05, 4.69) is 17.0 Å². The molecule has 13 heteroatoms. The smallest absolute Gasteiger partial charge is 0.433 e. The average Bonchev–Trinajstić information content (AvgIpc) is 3.57. The summed E-state index contributed by atoms with van der Waals surface area (Å²) >= 11 is 12.4. The number of aliphatic carboxylic acids is 1. The fourth-order valence-electron chi connectivity index (χ4n) is 7.61. The summed E-state index contributed by atoms with van der Waals surface area (Å²) in [4.78, 5) is 44.4. The molecular formula is C29H33Cl2F3N4O4. The number of Topliss-reactive ketones (excluding diaryl/α,β-unsaturated/α-hetero) is 1. The van der Waals surface area contributed by atoms with Gasteiger partial charge in [0.15, 0.2) is 11.5 Å². The van der Waals surface area contributed by atoms with Gasteiger partial charge in [-0.15, -0.1) is 0 Å². The van der Waals surface area contributed by atoms with Crippen molar-refractivity contribution in [3.63, 3.8) is 0 Å². The first-order chi connectivity index (χ1) is 19.6. The van der Waals surface area contributed by atoms with Crippen LogP contribution in [0.2, 0.25) is 10.0 Å². The lowest BCUT2D eigenvalue weighted by molar-refractivity contribution is -0.152. The number of hydrogen-bond acceptors (Lipinski definition) is 5. The number of carboxylic acids is 1. The van der Waals surface area contributed by atoms with Crippen LogP contribution >= 0.6 is 23.2 Å². The van der Waals surface area contributed by atoms with Crippen molar-refractivity contribution in [2.24, 2.45) is 22.7 Å². The summed E-state index contributed by atoms with van der Waals surface area (Å²) in [7, 11) is 0. The first kappa shape index (κ1) is 30.8.